The molecular formula is C20H18N4O4S. The van der Waals surface area contributed by atoms with Crippen LogP contribution in [0, 0.1) is 13.8 Å². The van der Waals surface area contributed by atoms with Crippen molar-refractivity contribution in [1.29, 1.82) is 0 Å². The number of hydrogen-bond donors (Lipinski definition) is 2. The van der Waals surface area contributed by atoms with Gasteiger partial charge in [-0.05, 0) is 38.5 Å². The molecule has 1 fully saturated rings. The molecular weight excluding hydrogens is 392 g/mol. The molecule has 0 bridgehead atoms. The zero-order valence-electron chi connectivity index (χ0n) is 16.0. The fourth-order valence-corrected chi connectivity index (χ4v) is 4.04. The Morgan fingerprint density at radius 3 is 2.55 bits per heavy atom. The summed E-state index contributed by atoms with van der Waals surface area (Å²) in [4.78, 5) is 42.8. The number of amides is 4. The second kappa shape index (κ2) is 6.85. The van der Waals surface area contributed by atoms with Gasteiger partial charge in [0.05, 0.1) is 5.69 Å². The van der Waals surface area contributed by atoms with E-state index in [1.165, 1.54) is 0 Å². The summed E-state index contributed by atoms with van der Waals surface area (Å²) in [6.45, 7) is 5.10. The van der Waals surface area contributed by atoms with Crippen LogP contribution in [-0.4, -0.2) is 27.8 Å². The van der Waals surface area contributed by atoms with Gasteiger partial charge >= 0.3 is 6.03 Å². The molecule has 2 N–H and O–H groups in total. The number of rotatable bonds is 4. The number of urea groups is 1. The third-order valence-electron chi connectivity index (χ3n) is 4.71. The Balaban J connectivity index is 1.57. The van der Waals surface area contributed by atoms with Gasteiger partial charge in [0.1, 0.15) is 16.2 Å². The zero-order valence-corrected chi connectivity index (χ0v) is 16.8. The van der Waals surface area contributed by atoms with Gasteiger partial charge in [0, 0.05) is 0 Å². The van der Waals surface area contributed by atoms with Crippen LogP contribution in [0.3, 0.4) is 0 Å². The fraction of sp³-hybridized carbons (Fsp3) is 0.200. The molecule has 8 nitrogen and oxygen atoms in total. The maximum atomic E-state index is 12.9. The van der Waals surface area contributed by atoms with Gasteiger partial charge in [-0.2, -0.15) is 5.01 Å². The molecule has 1 aliphatic rings. The normalized spacial score (nSPS) is 18.8. The largest absolute Gasteiger partial charge is 0.459 e. The highest BCUT2D eigenvalue weighted by atomic mass is 32.1. The smallest absolute Gasteiger partial charge is 0.344 e. The first-order chi connectivity index (χ1) is 13.8. The maximum absolute atomic E-state index is 12.9. The molecule has 3 heterocycles. The van der Waals surface area contributed by atoms with Crippen molar-refractivity contribution >= 4 is 29.2 Å². The summed E-state index contributed by atoms with van der Waals surface area (Å²) in [5, 5.41) is 3.91. The number of hydrogen-bond acceptors (Lipinski definition) is 6. The second-order valence-electron chi connectivity index (χ2n) is 6.85. The average molecular weight is 410 g/mol. The highest BCUT2D eigenvalue weighted by Gasteiger charge is 2.50. The van der Waals surface area contributed by atoms with Crippen molar-refractivity contribution in [2.75, 3.05) is 0 Å². The molecule has 0 saturated carbocycles. The summed E-state index contributed by atoms with van der Waals surface area (Å²) >= 11 is 1.13. The van der Waals surface area contributed by atoms with E-state index in [1.54, 1.807) is 44.2 Å². The molecule has 4 amide bonds. The molecule has 1 aromatic carbocycles. The summed E-state index contributed by atoms with van der Waals surface area (Å²) < 4.78 is 5.55. The minimum atomic E-state index is -1.26. The van der Waals surface area contributed by atoms with Crippen LogP contribution in [0.2, 0.25) is 0 Å². The lowest BCUT2D eigenvalue weighted by Crippen LogP contribution is -2.47. The summed E-state index contributed by atoms with van der Waals surface area (Å²) in [6.07, 6.45) is 0. The van der Waals surface area contributed by atoms with E-state index in [2.05, 4.69) is 15.7 Å². The van der Waals surface area contributed by atoms with E-state index >= 15 is 0 Å². The summed E-state index contributed by atoms with van der Waals surface area (Å²) in [5.41, 5.74) is 2.25. The van der Waals surface area contributed by atoms with Crippen molar-refractivity contribution in [2.24, 2.45) is 0 Å². The Hall–Kier alpha value is -3.46. The van der Waals surface area contributed by atoms with Crippen LogP contribution in [0.1, 0.15) is 33.6 Å². The van der Waals surface area contributed by atoms with E-state index in [4.69, 9.17) is 4.42 Å². The number of imide groups is 1. The number of hydrazine groups is 1. The third-order valence-corrected chi connectivity index (χ3v) is 5.88. The number of aryl methyl sites for hydroxylation is 2. The van der Waals surface area contributed by atoms with Crippen molar-refractivity contribution in [2.45, 2.75) is 26.3 Å². The molecule has 3 aromatic rings. The fourth-order valence-electron chi connectivity index (χ4n) is 3.12. The SMILES string of the molecule is Cc1ccc(-c2nc(C)c(C(=O)NN3C(=O)N[C@@](C)(c4ccccc4)C3=O)s2)o1. The second-order valence-corrected chi connectivity index (χ2v) is 7.85. The van der Waals surface area contributed by atoms with Crippen molar-refractivity contribution in [3.05, 3.63) is 64.4 Å². The third kappa shape index (κ3) is 3.19. The summed E-state index contributed by atoms with van der Waals surface area (Å²) in [6, 6.07) is 11.8. The number of carbonyl (C=O) groups is 3. The molecule has 29 heavy (non-hydrogen) atoms. The minimum Gasteiger partial charge on any atom is -0.459 e. The van der Waals surface area contributed by atoms with Crippen LogP contribution in [0.25, 0.3) is 10.8 Å². The van der Waals surface area contributed by atoms with Crippen LogP contribution >= 0.6 is 11.3 Å². The molecule has 4 rings (SSSR count). The molecule has 0 radical (unpaired) electrons. The quantitative estimate of drug-likeness (QED) is 0.643. The van der Waals surface area contributed by atoms with E-state index < -0.39 is 23.4 Å². The van der Waals surface area contributed by atoms with E-state index in [0.29, 0.717) is 31.9 Å². The van der Waals surface area contributed by atoms with Crippen molar-refractivity contribution in [3.63, 3.8) is 0 Å². The summed E-state index contributed by atoms with van der Waals surface area (Å²) in [7, 11) is 0. The lowest BCUT2D eigenvalue weighted by atomic mass is 9.92. The number of nitrogens with zero attached hydrogens (tertiary/aromatic N) is 2. The first kappa shape index (κ1) is 18.9. The standard InChI is InChI=1S/C20H18N4O4S/c1-11-9-10-14(28-11)17-21-12(2)15(29-17)16(25)23-24-18(26)20(3,22-19(24)27)13-7-5-4-6-8-13/h4-10H,1-3H3,(H,22,27)(H,23,25)/t20-/m0/s1. The lowest BCUT2D eigenvalue weighted by Gasteiger charge is -2.22. The Morgan fingerprint density at radius 2 is 1.90 bits per heavy atom. The molecule has 1 saturated heterocycles. The van der Waals surface area contributed by atoms with Gasteiger partial charge in [0.15, 0.2) is 10.8 Å². The van der Waals surface area contributed by atoms with Crippen LogP contribution in [-0.2, 0) is 10.3 Å². The van der Waals surface area contributed by atoms with Gasteiger partial charge in [-0.1, -0.05) is 30.3 Å². The van der Waals surface area contributed by atoms with Gasteiger partial charge in [-0.15, -0.1) is 11.3 Å². The molecule has 1 atom stereocenters. The summed E-state index contributed by atoms with van der Waals surface area (Å²) in [5.74, 6) is 0.140. The van der Waals surface area contributed by atoms with Gasteiger partial charge in [0.2, 0.25) is 0 Å². The highest BCUT2D eigenvalue weighted by molar-refractivity contribution is 7.17. The van der Waals surface area contributed by atoms with E-state index in [-0.39, 0.29) is 0 Å². The van der Waals surface area contributed by atoms with Gasteiger partial charge in [0.25, 0.3) is 11.8 Å². The number of aromatic nitrogens is 1. The van der Waals surface area contributed by atoms with E-state index in [9.17, 15) is 14.4 Å². The van der Waals surface area contributed by atoms with Crippen molar-refractivity contribution < 1.29 is 18.8 Å². The molecule has 1 aliphatic heterocycles. The Kier molecular flexibility index (Phi) is 4.46. The predicted molar refractivity (Wildman–Crippen MR) is 106 cm³/mol. The lowest BCUT2D eigenvalue weighted by molar-refractivity contribution is -0.132. The number of benzene rings is 1. The molecule has 9 heteroatoms. The van der Waals surface area contributed by atoms with Gasteiger partial charge < -0.3 is 9.73 Å². The molecule has 0 spiro atoms. The molecule has 0 unspecified atom stereocenters. The zero-order chi connectivity index (χ0) is 20.8. The van der Waals surface area contributed by atoms with Crippen LogP contribution in [0.4, 0.5) is 4.79 Å². The minimum absolute atomic E-state index is 0.294. The number of nitrogens with one attached hydrogen (secondary N) is 2. The van der Waals surface area contributed by atoms with Gasteiger partial charge in [-0.3, -0.25) is 15.0 Å². The average Bonchev–Trinajstić information content (AvgIpc) is 3.36. The molecule has 148 valence electrons. The highest BCUT2D eigenvalue weighted by Crippen LogP contribution is 2.30. The Bertz CT molecular complexity index is 1120. The van der Waals surface area contributed by atoms with Crippen LogP contribution in [0.15, 0.2) is 46.9 Å². The van der Waals surface area contributed by atoms with Crippen molar-refractivity contribution in [1.82, 2.24) is 20.7 Å². The first-order valence-electron chi connectivity index (χ1n) is 8.87. The number of furan rings is 1. The number of carbonyl (C=O) groups excluding carboxylic acids is 3. The van der Waals surface area contributed by atoms with E-state index in [0.717, 1.165) is 17.1 Å². The first-order valence-corrected chi connectivity index (χ1v) is 9.68. The van der Waals surface area contributed by atoms with E-state index in [1.807, 2.05) is 19.1 Å². The van der Waals surface area contributed by atoms with Crippen LogP contribution in [0.5, 0.6) is 0 Å². The monoisotopic (exact) mass is 410 g/mol. The molecule has 0 aliphatic carbocycles. The molecule has 2 aromatic heterocycles. The topological polar surface area (TPSA) is 105 Å². The number of thiazole rings is 1. The Morgan fingerprint density at radius 1 is 1.17 bits per heavy atom. The maximum Gasteiger partial charge on any atom is 0.344 e. The van der Waals surface area contributed by atoms with Gasteiger partial charge in [-0.25, -0.2) is 9.78 Å². The Labute approximate surface area is 170 Å². The predicted octanol–water partition coefficient (Wildman–Crippen LogP) is 3.13. The van der Waals surface area contributed by atoms with Crippen molar-refractivity contribution in [3.8, 4) is 10.8 Å². The van der Waals surface area contributed by atoms with Crippen LogP contribution < -0.4 is 10.7 Å².